The van der Waals surface area contributed by atoms with Crippen LogP contribution in [0.15, 0.2) is 55.9 Å². The zero-order valence-electron chi connectivity index (χ0n) is 13.7. The molecule has 138 valence electrons. The summed E-state index contributed by atoms with van der Waals surface area (Å²) in [7, 11) is -2.38. The number of hydrogen-bond donors (Lipinski definition) is 2. The first-order chi connectivity index (χ1) is 12.7. The summed E-state index contributed by atoms with van der Waals surface area (Å²) in [4.78, 5) is 25.8. The van der Waals surface area contributed by atoms with Gasteiger partial charge in [0.1, 0.15) is 0 Å². The Hall–Kier alpha value is -3.11. The number of sulfone groups is 1. The molecule has 0 fully saturated rings. The van der Waals surface area contributed by atoms with E-state index in [1.165, 1.54) is 30.5 Å². The normalized spacial score (nSPS) is 12.1. The fourth-order valence-corrected chi connectivity index (χ4v) is 4.60. The minimum absolute atomic E-state index is 0.0411. The maximum Gasteiger partial charge on any atom is 0.362 e. The second-order valence-corrected chi connectivity index (χ2v) is 8.16. The first-order valence-corrected chi connectivity index (χ1v) is 9.41. The molecule has 0 amide bonds. The summed E-state index contributed by atoms with van der Waals surface area (Å²) in [5.74, 6) is 0. The quantitative estimate of drug-likeness (QED) is 0.483. The van der Waals surface area contributed by atoms with Crippen LogP contribution in [-0.4, -0.2) is 33.1 Å². The molecule has 0 aliphatic rings. The van der Waals surface area contributed by atoms with Gasteiger partial charge in [0, 0.05) is 12.4 Å². The monoisotopic (exact) mass is 406 g/mol. The number of hydrogen-bond acceptors (Lipinski definition) is 6. The molecule has 11 heteroatoms. The molecule has 4 rings (SSSR count). The number of aromatic nitrogens is 4. The molecule has 0 radical (unpaired) electrons. The highest BCUT2D eigenvalue weighted by atomic mass is 35.5. The number of benzene rings is 2. The van der Waals surface area contributed by atoms with Gasteiger partial charge < -0.3 is 10.2 Å². The fourth-order valence-electron chi connectivity index (χ4n) is 2.91. The number of rotatable bonds is 2. The van der Waals surface area contributed by atoms with E-state index in [1.54, 1.807) is 17.8 Å². The Morgan fingerprint density at radius 3 is 2.67 bits per heavy atom. The molecule has 0 aliphatic heterocycles. The third kappa shape index (κ3) is 2.45. The van der Waals surface area contributed by atoms with Gasteiger partial charge in [-0.1, -0.05) is 16.3 Å². The maximum atomic E-state index is 13.2. The van der Waals surface area contributed by atoms with Crippen molar-refractivity contribution < 1.29 is 13.6 Å². The second kappa shape index (κ2) is 5.69. The predicted octanol–water partition coefficient (Wildman–Crippen LogP) is 1.30. The largest absolute Gasteiger partial charge is 0.421 e. The summed E-state index contributed by atoms with van der Waals surface area (Å²) in [5.41, 5.74) is -1.81. The molecule has 0 bridgehead atoms. The van der Waals surface area contributed by atoms with Crippen molar-refractivity contribution in [1.29, 1.82) is 0 Å². The number of nitrogens with one attached hydrogen (secondary N) is 1. The Labute approximate surface area is 155 Å². The van der Waals surface area contributed by atoms with E-state index in [0.717, 1.165) is 5.52 Å². The molecule has 9 nitrogen and oxygen atoms in total. The Kier molecular flexibility index (Phi) is 3.65. The third-order valence-corrected chi connectivity index (χ3v) is 6.37. The van der Waals surface area contributed by atoms with E-state index in [0.29, 0.717) is 5.39 Å². The van der Waals surface area contributed by atoms with Gasteiger partial charge in [-0.15, -0.1) is 0 Å². The van der Waals surface area contributed by atoms with Crippen LogP contribution >= 0.6 is 11.6 Å². The molecule has 2 heterocycles. The van der Waals surface area contributed by atoms with Crippen molar-refractivity contribution in [3.8, 4) is 0 Å². The van der Waals surface area contributed by atoms with E-state index in [-0.39, 0.29) is 30.4 Å². The summed E-state index contributed by atoms with van der Waals surface area (Å²) >= 11 is 5.98. The SMILES string of the molecule is Cn1ncc2cc(S(=O)(=O)c3ccc(Cl)c4c(=O)n(O)c(=O)[nH]c34)ccc21. The topological polar surface area (TPSA) is 127 Å². The van der Waals surface area contributed by atoms with Crippen LogP contribution in [0.5, 0.6) is 0 Å². The van der Waals surface area contributed by atoms with Crippen LogP contribution in [0.2, 0.25) is 5.02 Å². The minimum Gasteiger partial charge on any atom is -0.421 e. The summed E-state index contributed by atoms with van der Waals surface area (Å²) in [6.45, 7) is 0. The molecule has 0 saturated carbocycles. The highest BCUT2D eigenvalue weighted by Gasteiger charge is 2.24. The number of fused-ring (bicyclic) bond motifs is 2. The predicted molar refractivity (Wildman–Crippen MR) is 97.2 cm³/mol. The fraction of sp³-hybridized carbons (Fsp3) is 0.0625. The average molecular weight is 407 g/mol. The van der Waals surface area contributed by atoms with Crippen LogP contribution < -0.4 is 11.2 Å². The van der Waals surface area contributed by atoms with Crippen LogP contribution in [0.3, 0.4) is 0 Å². The van der Waals surface area contributed by atoms with Crippen molar-refractivity contribution in [3.63, 3.8) is 0 Å². The Balaban J connectivity index is 2.07. The number of H-pyrrole nitrogens is 1. The summed E-state index contributed by atoms with van der Waals surface area (Å²) < 4.78 is 27.7. The lowest BCUT2D eigenvalue weighted by Crippen LogP contribution is -2.33. The molecular formula is C16H11ClN4O5S. The van der Waals surface area contributed by atoms with Gasteiger partial charge in [0.05, 0.1) is 37.4 Å². The highest BCUT2D eigenvalue weighted by Crippen LogP contribution is 2.30. The third-order valence-electron chi connectivity index (χ3n) is 4.26. The van der Waals surface area contributed by atoms with E-state index >= 15 is 0 Å². The molecule has 4 aromatic rings. The van der Waals surface area contributed by atoms with E-state index in [4.69, 9.17) is 11.6 Å². The molecule has 0 atom stereocenters. The van der Waals surface area contributed by atoms with Crippen molar-refractivity contribution in [2.24, 2.45) is 7.05 Å². The molecular weight excluding hydrogens is 396 g/mol. The summed E-state index contributed by atoms with van der Waals surface area (Å²) in [5, 5.41) is 13.8. The van der Waals surface area contributed by atoms with Gasteiger partial charge in [-0.25, -0.2) is 13.2 Å². The number of nitrogens with zero attached hydrogens (tertiary/aromatic N) is 3. The lowest BCUT2D eigenvalue weighted by atomic mass is 10.2. The molecule has 2 aromatic heterocycles. The average Bonchev–Trinajstić information content (AvgIpc) is 3.00. The van der Waals surface area contributed by atoms with Gasteiger partial charge in [0.15, 0.2) is 0 Å². The van der Waals surface area contributed by atoms with Crippen LogP contribution in [0.4, 0.5) is 0 Å². The first-order valence-electron chi connectivity index (χ1n) is 7.55. The van der Waals surface area contributed by atoms with Gasteiger partial charge in [0.2, 0.25) is 9.84 Å². The minimum atomic E-state index is -4.11. The Morgan fingerprint density at radius 1 is 1.19 bits per heavy atom. The standard InChI is InChI=1S/C16H11ClN4O5S/c1-20-11-4-2-9(6-8(11)7-18-20)27(25,26)12-5-3-10(17)13-14(12)19-16(23)21(24)15(13)22/h2-7,24H,1H3,(H,19,23). The van der Waals surface area contributed by atoms with Gasteiger partial charge in [-0.05, 0) is 30.3 Å². The number of aromatic amines is 1. The molecule has 27 heavy (non-hydrogen) atoms. The van der Waals surface area contributed by atoms with Crippen molar-refractivity contribution in [3.05, 3.63) is 62.4 Å². The number of halogens is 1. The van der Waals surface area contributed by atoms with Crippen molar-refractivity contribution in [2.75, 3.05) is 0 Å². The summed E-state index contributed by atoms with van der Waals surface area (Å²) in [6.07, 6.45) is 1.53. The molecule has 0 saturated heterocycles. The van der Waals surface area contributed by atoms with Crippen molar-refractivity contribution in [2.45, 2.75) is 9.79 Å². The smallest absolute Gasteiger partial charge is 0.362 e. The van der Waals surface area contributed by atoms with Gasteiger partial charge in [-0.2, -0.15) is 5.10 Å². The van der Waals surface area contributed by atoms with Crippen LogP contribution in [0.1, 0.15) is 0 Å². The van der Waals surface area contributed by atoms with Crippen LogP contribution in [0, 0.1) is 0 Å². The van der Waals surface area contributed by atoms with E-state index in [2.05, 4.69) is 10.1 Å². The first kappa shape index (κ1) is 17.3. The zero-order chi connectivity index (χ0) is 19.5. The van der Waals surface area contributed by atoms with Crippen molar-refractivity contribution >= 4 is 43.2 Å². The van der Waals surface area contributed by atoms with E-state index < -0.39 is 21.1 Å². The summed E-state index contributed by atoms with van der Waals surface area (Å²) in [6, 6.07) is 6.88. The highest BCUT2D eigenvalue weighted by molar-refractivity contribution is 7.91. The Bertz CT molecular complexity index is 1470. The molecule has 0 aliphatic carbocycles. The number of aryl methyl sites for hydroxylation is 1. The Morgan fingerprint density at radius 2 is 1.93 bits per heavy atom. The second-order valence-electron chi connectivity index (χ2n) is 5.83. The molecule has 2 aromatic carbocycles. The molecule has 0 unspecified atom stereocenters. The van der Waals surface area contributed by atoms with Crippen LogP contribution in [-0.2, 0) is 16.9 Å². The van der Waals surface area contributed by atoms with Crippen LogP contribution in [0.25, 0.3) is 21.8 Å². The van der Waals surface area contributed by atoms with Gasteiger partial charge >= 0.3 is 5.69 Å². The molecule has 0 spiro atoms. The lowest BCUT2D eigenvalue weighted by molar-refractivity contribution is 0.162. The molecule has 2 N–H and O–H groups in total. The van der Waals surface area contributed by atoms with Gasteiger partial charge in [0.25, 0.3) is 5.56 Å². The zero-order valence-corrected chi connectivity index (χ0v) is 15.2. The van der Waals surface area contributed by atoms with E-state index in [1.807, 2.05) is 0 Å². The maximum absolute atomic E-state index is 13.2. The van der Waals surface area contributed by atoms with E-state index in [9.17, 15) is 23.2 Å². The lowest BCUT2D eigenvalue weighted by Gasteiger charge is -2.10. The van der Waals surface area contributed by atoms with Crippen molar-refractivity contribution in [1.82, 2.24) is 19.5 Å². The van der Waals surface area contributed by atoms with Gasteiger partial charge in [-0.3, -0.25) is 9.48 Å².